The SMILES string of the molecule is COC(=O)[C@H]1OC(OC(=O)[C@]23CCC(C)(C)C[C@H]2C2=CC[C@@H]4[C@@]5(C)CC[C@H](OC6O[C@H](C(=O)OC)[C@@H](OC(C)=O)[C@H](OC(C)=O)[C@H]6OC(C)=O)C(C)(C)[C@@H]5CC[C@@]4(C)[C@]2(C)CC3)[C@H](OC(C)=O)[C@@H](OC(C)=O)[C@@H]1OC(C)=O. The van der Waals surface area contributed by atoms with Crippen LogP contribution in [0.1, 0.15) is 154 Å². The molecule has 18 atom stereocenters. The number of hydrogen-bond acceptors (Lipinski definition) is 21. The van der Waals surface area contributed by atoms with Crippen molar-refractivity contribution in [3.05, 3.63) is 11.6 Å². The van der Waals surface area contributed by atoms with Crippen molar-refractivity contribution in [2.24, 2.45) is 50.2 Å². The largest absolute Gasteiger partial charge is 0.467 e. The van der Waals surface area contributed by atoms with E-state index in [1.54, 1.807) is 0 Å². The maximum atomic E-state index is 15.4. The van der Waals surface area contributed by atoms with Gasteiger partial charge in [-0.25, -0.2) is 9.59 Å². The van der Waals surface area contributed by atoms with Crippen molar-refractivity contribution in [1.82, 2.24) is 0 Å². The lowest BCUT2D eigenvalue weighted by Gasteiger charge is -2.71. The molecule has 0 aromatic rings. The van der Waals surface area contributed by atoms with Crippen LogP contribution in [0.4, 0.5) is 0 Å². The molecule has 0 aromatic heterocycles. The van der Waals surface area contributed by atoms with Gasteiger partial charge in [-0.1, -0.05) is 60.1 Å². The zero-order valence-electron chi connectivity index (χ0n) is 47.3. The second-order valence-electron chi connectivity index (χ2n) is 24.6. The van der Waals surface area contributed by atoms with Crippen LogP contribution in [0, 0.1) is 50.2 Å². The molecule has 7 rings (SSSR count). The third-order valence-electron chi connectivity index (χ3n) is 19.2. The van der Waals surface area contributed by atoms with Gasteiger partial charge in [-0.3, -0.25) is 33.6 Å². The van der Waals surface area contributed by atoms with E-state index in [0.717, 1.165) is 74.5 Å². The Morgan fingerprint density at radius 3 is 1.45 bits per heavy atom. The van der Waals surface area contributed by atoms with Gasteiger partial charge in [0.15, 0.2) is 49.0 Å². The minimum absolute atomic E-state index is 0.0904. The Bertz CT molecular complexity index is 2390. The van der Waals surface area contributed by atoms with E-state index >= 15 is 4.79 Å². The fraction of sp³-hybridized carbons (Fsp3) is 0.804. The average Bonchev–Trinajstić information content (AvgIpc) is 3.32. The lowest BCUT2D eigenvalue weighted by molar-refractivity contribution is -0.327. The highest BCUT2D eigenvalue weighted by Crippen LogP contribution is 2.76. The molecule has 0 amide bonds. The van der Waals surface area contributed by atoms with Crippen molar-refractivity contribution < 1.29 is 100.0 Å². The zero-order chi connectivity index (χ0) is 57.1. The van der Waals surface area contributed by atoms with E-state index in [4.69, 9.17) is 56.8 Å². The molecule has 2 unspecified atom stereocenters. The quantitative estimate of drug-likeness (QED) is 0.0924. The molecule has 2 aliphatic heterocycles. The predicted molar refractivity (Wildman–Crippen MR) is 265 cm³/mol. The number of carbonyl (C=O) groups excluding carboxylic acids is 9. The van der Waals surface area contributed by atoms with Gasteiger partial charge in [-0.2, -0.15) is 0 Å². The van der Waals surface area contributed by atoms with E-state index in [-0.39, 0.29) is 39.4 Å². The summed E-state index contributed by atoms with van der Waals surface area (Å²) >= 11 is 0. The molecule has 0 radical (unpaired) electrons. The molecule has 4 saturated carbocycles. The van der Waals surface area contributed by atoms with Gasteiger partial charge in [0.25, 0.3) is 0 Å². The van der Waals surface area contributed by atoms with Crippen LogP contribution in [-0.4, -0.2) is 135 Å². The molecule has 21 nitrogen and oxygen atoms in total. The van der Waals surface area contributed by atoms with E-state index in [0.29, 0.717) is 38.5 Å². The summed E-state index contributed by atoms with van der Waals surface area (Å²) in [5, 5.41) is 0. The van der Waals surface area contributed by atoms with Gasteiger partial charge in [-0.15, -0.1) is 0 Å². The number of fused-ring (bicyclic) bond motifs is 7. The first-order valence-electron chi connectivity index (χ1n) is 26.9. The van der Waals surface area contributed by atoms with E-state index < -0.39 is 132 Å². The summed E-state index contributed by atoms with van der Waals surface area (Å²) in [5.41, 5.74) is -1.44. The Morgan fingerprint density at radius 2 is 0.961 bits per heavy atom. The van der Waals surface area contributed by atoms with Gasteiger partial charge in [0.05, 0.1) is 25.7 Å². The first-order chi connectivity index (χ1) is 35.8. The summed E-state index contributed by atoms with van der Waals surface area (Å²) < 4.78 is 69.2. The van der Waals surface area contributed by atoms with Crippen LogP contribution < -0.4 is 0 Å². The van der Waals surface area contributed by atoms with Crippen molar-refractivity contribution in [1.29, 1.82) is 0 Å². The standard InChI is InChI=1S/C56H80O21/c1-27(57)68-38-40(70-29(3)59)44(72-31(5)61)48(75-42(38)46(63)66-14)74-37-19-20-53(11)35(52(37,9)10)18-21-55(13)36(53)17-16-33-34-26-51(7,8)22-24-56(34,25-23-54(33,55)12)50(65)77-49-45(73-32(6)62)41(71-30(4)60)39(69-28(2)58)43(76-49)47(64)67-15/h16,34-45,48-49H,17-26H2,1-15H3/t34-,35-,36+,37-,38-,39-,40-,41-,42-,43-,44+,45+,48?,49?,53-,54+,55+,56-/m0/s1. The minimum Gasteiger partial charge on any atom is -0.467 e. The molecule has 0 aromatic carbocycles. The van der Waals surface area contributed by atoms with Crippen LogP contribution in [0.25, 0.3) is 0 Å². The van der Waals surface area contributed by atoms with E-state index in [1.807, 2.05) is 0 Å². The lowest BCUT2D eigenvalue weighted by Crippen LogP contribution is -2.67. The monoisotopic (exact) mass is 1090 g/mol. The molecule has 2 saturated heterocycles. The Hall–Kier alpha value is -5.15. The van der Waals surface area contributed by atoms with Gasteiger partial charge in [0.1, 0.15) is 0 Å². The van der Waals surface area contributed by atoms with Crippen LogP contribution in [0.5, 0.6) is 0 Å². The maximum absolute atomic E-state index is 15.4. The summed E-state index contributed by atoms with van der Waals surface area (Å²) in [6.45, 7) is 22.6. The summed E-state index contributed by atoms with van der Waals surface area (Å²) in [6.07, 6.45) is -7.43. The highest BCUT2D eigenvalue weighted by molar-refractivity contribution is 5.80. The van der Waals surface area contributed by atoms with E-state index in [9.17, 15) is 38.4 Å². The number of allylic oxidation sites excluding steroid dienone is 2. The molecule has 2 heterocycles. The van der Waals surface area contributed by atoms with E-state index in [2.05, 4.69) is 54.5 Å². The summed E-state index contributed by atoms with van der Waals surface area (Å²) in [4.78, 5) is 117. The normalized spacial score (nSPS) is 40.5. The smallest absolute Gasteiger partial charge is 0.339 e. The number of rotatable bonds is 12. The minimum atomic E-state index is -1.77. The number of carbonyl (C=O) groups is 9. The van der Waals surface area contributed by atoms with Gasteiger partial charge >= 0.3 is 53.7 Å². The van der Waals surface area contributed by atoms with Crippen molar-refractivity contribution in [2.75, 3.05) is 14.2 Å². The molecule has 77 heavy (non-hydrogen) atoms. The number of esters is 9. The molecule has 0 bridgehead atoms. The lowest BCUT2D eigenvalue weighted by atomic mass is 9.33. The first kappa shape index (κ1) is 59.5. The number of methoxy groups -OCH3 is 2. The molecular formula is C56H80O21. The molecule has 7 aliphatic rings. The fourth-order valence-corrected chi connectivity index (χ4v) is 15.6. The summed E-state index contributed by atoms with van der Waals surface area (Å²) in [7, 11) is 2.23. The topological polar surface area (TPSA) is 264 Å². The van der Waals surface area contributed by atoms with Gasteiger partial charge < -0.3 is 56.8 Å². The Labute approximate surface area is 450 Å². The molecule has 5 aliphatic carbocycles. The fourth-order valence-electron chi connectivity index (χ4n) is 15.6. The Balaban J connectivity index is 1.20. The third kappa shape index (κ3) is 10.9. The highest BCUT2D eigenvalue weighted by atomic mass is 16.8. The van der Waals surface area contributed by atoms with E-state index in [1.165, 1.54) is 12.5 Å². The van der Waals surface area contributed by atoms with Gasteiger partial charge in [0, 0.05) is 41.5 Å². The molecule has 0 N–H and O–H groups in total. The van der Waals surface area contributed by atoms with Crippen molar-refractivity contribution >= 4 is 53.7 Å². The van der Waals surface area contributed by atoms with Crippen LogP contribution in [0.3, 0.4) is 0 Å². The molecule has 6 fully saturated rings. The molecule has 430 valence electrons. The Morgan fingerprint density at radius 1 is 0.506 bits per heavy atom. The van der Waals surface area contributed by atoms with Crippen molar-refractivity contribution in [3.63, 3.8) is 0 Å². The van der Waals surface area contributed by atoms with Crippen LogP contribution >= 0.6 is 0 Å². The second kappa shape index (κ2) is 21.8. The predicted octanol–water partition coefficient (Wildman–Crippen LogP) is 6.10. The van der Waals surface area contributed by atoms with Crippen LogP contribution in [-0.2, 0) is 100.0 Å². The van der Waals surface area contributed by atoms with Crippen molar-refractivity contribution in [3.8, 4) is 0 Å². The first-order valence-corrected chi connectivity index (χ1v) is 26.9. The molecular weight excluding hydrogens is 1010 g/mol. The molecule has 21 heteroatoms. The van der Waals surface area contributed by atoms with Gasteiger partial charge in [0.2, 0.25) is 12.4 Å². The van der Waals surface area contributed by atoms with Crippen molar-refractivity contribution in [2.45, 2.75) is 222 Å². The highest BCUT2D eigenvalue weighted by Gasteiger charge is 2.71. The third-order valence-corrected chi connectivity index (χ3v) is 19.2. The zero-order valence-corrected chi connectivity index (χ0v) is 47.3. The number of hydrogen-bond donors (Lipinski definition) is 0. The second-order valence-corrected chi connectivity index (χ2v) is 24.6. The van der Waals surface area contributed by atoms with Crippen LogP contribution in [0.2, 0.25) is 0 Å². The maximum Gasteiger partial charge on any atom is 0.339 e. The molecule has 0 spiro atoms. The average molecular weight is 1090 g/mol. The van der Waals surface area contributed by atoms with Gasteiger partial charge in [-0.05, 0) is 109 Å². The summed E-state index contributed by atoms with van der Waals surface area (Å²) in [6, 6.07) is 0. The number of ether oxygens (including phenoxy) is 12. The Kier molecular flexibility index (Phi) is 16.9. The summed E-state index contributed by atoms with van der Waals surface area (Å²) in [5.74, 6) is -7.42. The van der Waals surface area contributed by atoms with Crippen LogP contribution in [0.15, 0.2) is 11.6 Å².